The Morgan fingerprint density at radius 3 is 2.21 bits per heavy atom. The van der Waals surface area contributed by atoms with Crippen molar-refractivity contribution in [2.45, 2.75) is 64.6 Å². The molecule has 0 amide bonds. The molecule has 3 heteroatoms. The summed E-state index contributed by atoms with van der Waals surface area (Å²) >= 11 is 0. The van der Waals surface area contributed by atoms with E-state index in [9.17, 15) is 4.79 Å². The molecule has 2 bridgehead atoms. The fourth-order valence-corrected chi connectivity index (χ4v) is 5.38. The smallest absolute Gasteiger partial charge is 0.166 e. The molecule has 2 atom stereocenters. The third-order valence-corrected chi connectivity index (χ3v) is 6.69. The van der Waals surface area contributed by atoms with Crippen molar-refractivity contribution in [2.24, 2.45) is 5.92 Å². The van der Waals surface area contributed by atoms with Gasteiger partial charge >= 0.3 is 0 Å². The highest BCUT2D eigenvalue weighted by Gasteiger charge is 2.41. The predicted octanol–water partition coefficient (Wildman–Crippen LogP) is 5.33. The molecule has 2 heterocycles. The first-order chi connectivity index (χ1) is 13.6. The lowest BCUT2D eigenvalue weighted by Gasteiger charge is -2.48. The molecule has 148 valence electrons. The largest absolute Gasteiger partial charge is 0.497 e. The first-order valence-electron chi connectivity index (χ1n) is 10.6. The van der Waals surface area contributed by atoms with Crippen LogP contribution < -0.4 is 4.74 Å². The second-order valence-electron chi connectivity index (χ2n) is 8.57. The Hall–Kier alpha value is -2.13. The van der Waals surface area contributed by atoms with E-state index in [1.807, 2.05) is 26.0 Å². The minimum absolute atomic E-state index is 0.146. The number of hydrogen-bond donors (Lipinski definition) is 0. The molecule has 0 aromatic heterocycles. The number of benzene rings is 2. The molecule has 2 saturated heterocycles. The number of piperidine rings is 2. The minimum Gasteiger partial charge on any atom is -0.497 e. The van der Waals surface area contributed by atoms with Crippen LogP contribution in [0.1, 0.15) is 59.2 Å². The van der Waals surface area contributed by atoms with Crippen molar-refractivity contribution < 1.29 is 9.53 Å². The Balaban J connectivity index is 1.53. The van der Waals surface area contributed by atoms with E-state index in [0.717, 1.165) is 41.8 Å². The van der Waals surface area contributed by atoms with Crippen LogP contribution in [-0.4, -0.2) is 29.9 Å². The maximum atomic E-state index is 13.5. The van der Waals surface area contributed by atoms with Gasteiger partial charge in [-0.2, -0.15) is 0 Å². The van der Waals surface area contributed by atoms with Crippen LogP contribution >= 0.6 is 0 Å². The summed E-state index contributed by atoms with van der Waals surface area (Å²) in [5.74, 6) is 1.32. The molecule has 2 aromatic carbocycles. The molecule has 0 aliphatic carbocycles. The van der Waals surface area contributed by atoms with E-state index in [1.54, 1.807) is 7.11 Å². The van der Waals surface area contributed by atoms with Crippen LogP contribution in [0.25, 0.3) is 0 Å². The van der Waals surface area contributed by atoms with Crippen molar-refractivity contribution in [3.63, 3.8) is 0 Å². The van der Waals surface area contributed by atoms with Crippen molar-refractivity contribution in [1.82, 2.24) is 4.90 Å². The molecular weight excluding hydrogens is 346 g/mol. The fourth-order valence-electron chi connectivity index (χ4n) is 5.38. The van der Waals surface area contributed by atoms with Gasteiger partial charge in [0, 0.05) is 30.1 Å². The number of carbonyl (C=O) groups is 1. The van der Waals surface area contributed by atoms with E-state index in [-0.39, 0.29) is 5.92 Å². The molecule has 3 nitrogen and oxygen atoms in total. The maximum Gasteiger partial charge on any atom is 0.166 e. The van der Waals surface area contributed by atoms with Crippen molar-refractivity contribution in [1.29, 1.82) is 0 Å². The van der Waals surface area contributed by atoms with Gasteiger partial charge in [-0.05, 0) is 68.4 Å². The van der Waals surface area contributed by atoms with Gasteiger partial charge in [0.1, 0.15) is 5.75 Å². The van der Waals surface area contributed by atoms with E-state index in [4.69, 9.17) is 4.74 Å². The Labute approximate surface area is 168 Å². The highest BCUT2D eigenvalue weighted by Crippen LogP contribution is 2.40. The molecule has 2 fully saturated rings. The standard InChI is InChI=1S/C25H31NO2/c1-17-12-23(28-3)13-18(2)24(17)25(27)20-14-21-10-7-11-22(15-20)26(21)16-19-8-5-4-6-9-19/h4-6,8-9,12-13,20-22H,7,10-11,14-16H2,1-3H3. The molecule has 0 spiro atoms. The van der Waals surface area contributed by atoms with Crippen molar-refractivity contribution >= 4 is 5.78 Å². The Kier molecular flexibility index (Phi) is 5.54. The van der Waals surface area contributed by atoms with Crippen LogP contribution in [0.5, 0.6) is 5.75 Å². The number of hydrogen-bond acceptors (Lipinski definition) is 3. The fraction of sp³-hybridized carbons (Fsp3) is 0.480. The van der Waals surface area contributed by atoms with Crippen LogP contribution in [0.4, 0.5) is 0 Å². The summed E-state index contributed by atoms with van der Waals surface area (Å²) in [6.45, 7) is 5.08. The Morgan fingerprint density at radius 2 is 1.64 bits per heavy atom. The third-order valence-electron chi connectivity index (χ3n) is 6.69. The average molecular weight is 378 g/mol. The number of nitrogens with zero attached hydrogens (tertiary/aromatic N) is 1. The van der Waals surface area contributed by atoms with Crippen molar-refractivity contribution in [3.8, 4) is 5.75 Å². The first kappa shape index (κ1) is 19.2. The van der Waals surface area contributed by atoms with Gasteiger partial charge in [0.15, 0.2) is 5.78 Å². The van der Waals surface area contributed by atoms with E-state index >= 15 is 0 Å². The molecule has 28 heavy (non-hydrogen) atoms. The number of carbonyl (C=O) groups excluding carboxylic acids is 1. The monoisotopic (exact) mass is 377 g/mol. The lowest BCUT2D eigenvalue weighted by Crippen LogP contribution is -2.52. The molecular formula is C25H31NO2. The third kappa shape index (κ3) is 3.73. The number of rotatable bonds is 5. The zero-order chi connectivity index (χ0) is 19.7. The number of Topliss-reactive ketones (excluding diaryl/α,β-unsaturated/α-hetero) is 1. The SMILES string of the molecule is COc1cc(C)c(C(=O)C2CC3CCCC(C2)N3Cc2ccccc2)c(C)c1. The van der Waals surface area contributed by atoms with Gasteiger partial charge in [0.25, 0.3) is 0 Å². The van der Waals surface area contributed by atoms with Gasteiger partial charge in [-0.1, -0.05) is 36.8 Å². The van der Waals surface area contributed by atoms with Gasteiger partial charge in [-0.25, -0.2) is 0 Å². The van der Waals surface area contributed by atoms with Crippen molar-refractivity contribution in [2.75, 3.05) is 7.11 Å². The summed E-state index contributed by atoms with van der Waals surface area (Å²) < 4.78 is 5.37. The van der Waals surface area contributed by atoms with Gasteiger partial charge in [-0.15, -0.1) is 0 Å². The molecule has 4 rings (SSSR count). The highest BCUT2D eigenvalue weighted by molar-refractivity contribution is 6.00. The van der Waals surface area contributed by atoms with Gasteiger partial charge in [0.2, 0.25) is 0 Å². The molecule has 0 N–H and O–H groups in total. The molecule has 2 aliphatic rings. The normalized spacial score (nSPS) is 24.8. The number of methoxy groups -OCH3 is 1. The predicted molar refractivity (Wildman–Crippen MR) is 113 cm³/mol. The summed E-state index contributed by atoms with van der Waals surface area (Å²) in [7, 11) is 1.68. The lowest BCUT2D eigenvalue weighted by molar-refractivity contribution is 0.00902. The van der Waals surface area contributed by atoms with Gasteiger partial charge in [0.05, 0.1) is 7.11 Å². The van der Waals surface area contributed by atoms with Crippen LogP contribution in [0.2, 0.25) is 0 Å². The molecule has 2 aromatic rings. The van der Waals surface area contributed by atoms with Gasteiger partial charge < -0.3 is 4.74 Å². The summed E-state index contributed by atoms with van der Waals surface area (Å²) in [5, 5.41) is 0. The van der Waals surface area contributed by atoms with Crippen LogP contribution in [-0.2, 0) is 6.54 Å². The topological polar surface area (TPSA) is 29.5 Å². The number of fused-ring (bicyclic) bond motifs is 2. The highest BCUT2D eigenvalue weighted by atomic mass is 16.5. The summed E-state index contributed by atoms with van der Waals surface area (Å²) in [4.78, 5) is 16.2. The van der Waals surface area contributed by atoms with E-state index in [2.05, 4.69) is 35.2 Å². The van der Waals surface area contributed by atoms with Crippen LogP contribution in [0, 0.1) is 19.8 Å². The number of ketones is 1. The molecule has 0 saturated carbocycles. The molecule has 2 aliphatic heterocycles. The van der Waals surface area contributed by atoms with E-state index < -0.39 is 0 Å². The first-order valence-corrected chi connectivity index (χ1v) is 10.6. The quantitative estimate of drug-likeness (QED) is 0.660. The Bertz CT molecular complexity index is 808. The zero-order valence-electron chi connectivity index (χ0n) is 17.3. The number of aryl methyl sites for hydroxylation is 2. The number of ether oxygens (including phenoxy) is 1. The Morgan fingerprint density at radius 1 is 1.04 bits per heavy atom. The zero-order valence-corrected chi connectivity index (χ0v) is 17.3. The second-order valence-corrected chi connectivity index (χ2v) is 8.57. The van der Waals surface area contributed by atoms with Crippen molar-refractivity contribution in [3.05, 3.63) is 64.7 Å². The molecule has 0 radical (unpaired) electrons. The van der Waals surface area contributed by atoms with Crippen LogP contribution in [0.3, 0.4) is 0 Å². The van der Waals surface area contributed by atoms with E-state index in [1.165, 1.54) is 24.8 Å². The maximum absolute atomic E-state index is 13.5. The van der Waals surface area contributed by atoms with Crippen LogP contribution in [0.15, 0.2) is 42.5 Å². The van der Waals surface area contributed by atoms with E-state index in [0.29, 0.717) is 17.9 Å². The lowest BCUT2D eigenvalue weighted by atomic mass is 9.74. The van der Waals surface area contributed by atoms with Gasteiger partial charge in [-0.3, -0.25) is 9.69 Å². The second kappa shape index (κ2) is 8.08. The molecule has 2 unspecified atom stereocenters. The summed E-state index contributed by atoms with van der Waals surface area (Å²) in [5.41, 5.74) is 4.38. The summed E-state index contributed by atoms with van der Waals surface area (Å²) in [6.07, 6.45) is 5.71. The average Bonchev–Trinajstić information content (AvgIpc) is 2.67. The minimum atomic E-state index is 0.146. The summed E-state index contributed by atoms with van der Waals surface area (Å²) in [6, 6.07) is 15.8.